The van der Waals surface area contributed by atoms with Gasteiger partial charge in [0.2, 0.25) is 5.91 Å². The second-order valence-electron chi connectivity index (χ2n) is 10.1. The first-order chi connectivity index (χ1) is 14.1. The number of rotatable bonds is 11. The zero-order valence-electron chi connectivity index (χ0n) is 19.6. The molecule has 2 aliphatic carbocycles. The maximum absolute atomic E-state index is 12.2. The minimum atomic E-state index is -0.409. The van der Waals surface area contributed by atoms with Crippen LogP contribution in [0.25, 0.3) is 0 Å². The van der Waals surface area contributed by atoms with Gasteiger partial charge in [-0.1, -0.05) is 50.0 Å². The quantitative estimate of drug-likeness (QED) is 0.389. The number of unbranched alkanes of at least 4 members (excludes halogenated alkanes) is 2. The zero-order chi connectivity index (χ0) is 22.3. The highest BCUT2D eigenvalue weighted by atomic mass is 16.5. The van der Waals surface area contributed by atoms with Gasteiger partial charge in [-0.2, -0.15) is 0 Å². The molecule has 172 valence electrons. The molecule has 2 N–H and O–H groups in total. The van der Waals surface area contributed by atoms with Crippen LogP contribution in [0.3, 0.4) is 0 Å². The Labute approximate surface area is 183 Å². The molecule has 5 atom stereocenters. The van der Waals surface area contributed by atoms with E-state index < -0.39 is 6.10 Å². The monoisotopic (exact) mass is 421 g/mol. The summed E-state index contributed by atoms with van der Waals surface area (Å²) >= 11 is 0. The van der Waals surface area contributed by atoms with Gasteiger partial charge in [-0.3, -0.25) is 4.79 Å². The lowest BCUT2D eigenvalue weighted by molar-refractivity contribution is -0.139. The van der Waals surface area contributed by atoms with Crippen LogP contribution >= 0.6 is 0 Å². The molecule has 1 saturated carbocycles. The number of aliphatic hydroxyl groups is 2. The van der Waals surface area contributed by atoms with Crippen LogP contribution in [-0.4, -0.2) is 59.0 Å². The van der Waals surface area contributed by atoms with Crippen molar-refractivity contribution in [2.75, 3.05) is 20.3 Å². The molecule has 0 heterocycles. The third-order valence-electron chi connectivity index (χ3n) is 6.78. The highest BCUT2D eigenvalue weighted by molar-refractivity contribution is 5.77. The van der Waals surface area contributed by atoms with Crippen LogP contribution in [0.15, 0.2) is 23.8 Å². The number of allylic oxidation sites excluding steroid dienone is 1. The van der Waals surface area contributed by atoms with Gasteiger partial charge >= 0.3 is 0 Å². The second-order valence-corrected chi connectivity index (χ2v) is 10.1. The number of nitrogens with zero attached hydrogens (tertiary/aromatic N) is 1. The van der Waals surface area contributed by atoms with E-state index in [0.29, 0.717) is 18.4 Å². The van der Waals surface area contributed by atoms with Crippen molar-refractivity contribution in [1.29, 1.82) is 0 Å². The fourth-order valence-corrected chi connectivity index (χ4v) is 4.58. The first-order valence-corrected chi connectivity index (χ1v) is 11.7. The summed E-state index contributed by atoms with van der Waals surface area (Å²) in [4.78, 5) is 13.9. The highest BCUT2D eigenvalue weighted by Gasteiger charge is 2.43. The van der Waals surface area contributed by atoms with Crippen molar-refractivity contribution >= 4 is 5.91 Å². The lowest BCUT2D eigenvalue weighted by Crippen LogP contribution is -2.44. The molecular weight excluding hydrogens is 378 g/mol. The van der Waals surface area contributed by atoms with E-state index in [2.05, 4.69) is 19.1 Å². The fraction of sp³-hybridized carbons (Fsp3) is 0.800. The molecule has 1 amide bonds. The molecule has 5 heteroatoms. The smallest absolute Gasteiger partial charge is 0.248 e. The van der Waals surface area contributed by atoms with Gasteiger partial charge in [0, 0.05) is 18.5 Å². The van der Waals surface area contributed by atoms with Gasteiger partial charge in [-0.15, -0.1) is 0 Å². The van der Waals surface area contributed by atoms with E-state index in [0.717, 1.165) is 44.9 Å². The van der Waals surface area contributed by atoms with Gasteiger partial charge in [0.25, 0.3) is 0 Å². The Morgan fingerprint density at radius 2 is 2.10 bits per heavy atom. The summed E-state index contributed by atoms with van der Waals surface area (Å²) in [5, 5.41) is 20.6. The maximum atomic E-state index is 12.2. The standard InChI is InChI=1S/C25H43NO4/c1-6-7-8-9-20(27)10-11-21-22-15-18(14-19(22)16-23(21)28)12-13-30-17-24(29)26(5)25(2,3)4/h10-11,14,19-23,27-28H,6-9,12-13,15-17H2,1-5H3/t19-,20-,21+,22-,23+/m0/s1. The van der Waals surface area contributed by atoms with Crippen LogP contribution in [0.5, 0.6) is 0 Å². The summed E-state index contributed by atoms with van der Waals surface area (Å²) < 4.78 is 5.64. The van der Waals surface area contributed by atoms with E-state index in [1.54, 1.807) is 4.90 Å². The predicted octanol–water partition coefficient (Wildman–Crippen LogP) is 4.09. The number of fused-ring (bicyclic) bond motifs is 1. The predicted molar refractivity (Wildman–Crippen MR) is 121 cm³/mol. The van der Waals surface area contributed by atoms with E-state index in [-0.39, 0.29) is 30.1 Å². The molecule has 0 aromatic carbocycles. The molecule has 0 saturated heterocycles. The summed E-state index contributed by atoms with van der Waals surface area (Å²) in [5.41, 5.74) is 1.18. The van der Waals surface area contributed by atoms with Gasteiger partial charge in [0.1, 0.15) is 6.61 Å². The number of carbonyl (C=O) groups excluding carboxylic acids is 1. The maximum Gasteiger partial charge on any atom is 0.248 e. The number of likely N-dealkylation sites (N-methyl/N-ethyl adjacent to an activating group) is 1. The van der Waals surface area contributed by atoms with Crippen molar-refractivity contribution in [1.82, 2.24) is 4.90 Å². The van der Waals surface area contributed by atoms with Crippen molar-refractivity contribution in [2.24, 2.45) is 17.8 Å². The summed E-state index contributed by atoms with van der Waals surface area (Å²) in [7, 11) is 1.81. The van der Waals surface area contributed by atoms with Crippen LogP contribution in [0.1, 0.15) is 72.6 Å². The van der Waals surface area contributed by atoms with Crippen LogP contribution in [0.4, 0.5) is 0 Å². The second kappa shape index (κ2) is 11.4. The summed E-state index contributed by atoms with van der Waals surface area (Å²) in [6.07, 6.45) is 12.3. The van der Waals surface area contributed by atoms with Crippen LogP contribution in [0, 0.1) is 17.8 Å². The number of ether oxygens (including phenoxy) is 1. The fourth-order valence-electron chi connectivity index (χ4n) is 4.58. The molecule has 0 unspecified atom stereocenters. The van der Waals surface area contributed by atoms with Gasteiger partial charge in [0.15, 0.2) is 0 Å². The average Bonchev–Trinajstić information content (AvgIpc) is 3.18. The average molecular weight is 422 g/mol. The van der Waals surface area contributed by atoms with Crippen LogP contribution < -0.4 is 0 Å². The van der Waals surface area contributed by atoms with E-state index in [9.17, 15) is 15.0 Å². The number of hydrogen-bond acceptors (Lipinski definition) is 4. The third-order valence-corrected chi connectivity index (χ3v) is 6.78. The largest absolute Gasteiger partial charge is 0.392 e. The minimum Gasteiger partial charge on any atom is -0.392 e. The third kappa shape index (κ3) is 7.21. The van der Waals surface area contributed by atoms with E-state index in [4.69, 9.17) is 4.74 Å². The Morgan fingerprint density at radius 1 is 1.37 bits per heavy atom. The zero-order valence-corrected chi connectivity index (χ0v) is 19.6. The van der Waals surface area contributed by atoms with E-state index in [1.165, 1.54) is 5.57 Å². The SMILES string of the molecule is CCCCC[C@H](O)C=C[C@@H]1[C@H]2CC(CCOCC(=O)N(C)C(C)(C)C)=C[C@H]2C[C@H]1O. The Kier molecular flexibility index (Phi) is 9.58. The Morgan fingerprint density at radius 3 is 2.77 bits per heavy atom. The molecule has 0 radical (unpaired) electrons. The van der Waals surface area contributed by atoms with Crippen LogP contribution in [-0.2, 0) is 9.53 Å². The number of aliphatic hydroxyl groups excluding tert-OH is 2. The molecule has 0 aromatic heterocycles. The topological polar surface area (TPSA) is 70.0 Å². The van der Waals surface area contributed by atoms with Crippen molar-refractivity contribution in [3.05, 3.63) is 23.8 Å². The molecule has 5 nitrogen and oxygen atoms in total. The molecule has 0 bridgehead atoms. The Hall–Kier alpha value is -1.17. The summed E-state index contributed by atoms with van der Waals surface area (Å²) in [6, 6.07) is 0. The van der Waals surface area contributed by atoms with Gasteiger partial charge in [0.05, 0.1) is 18.8 Å². The lowest BCUT2D eigenvalue weighted by Gasteiger charge is -2.31. The van der Waals surface area contributed by atoms with Crippen molar-refractivity contribution in [3.8, 4) is 0 Å². The molecule has 0 aliphatic heterocycles. The number of hydrogen-bond donors (Lipinski definition) is 2. The Bertz CT molecular complexity index is 607. The molecule has 0 aromatic rings. The molecule has 2 aliphatic rings. The molecule has 30 heavy (non-hydrogen) atoms. The van der Waals surface area contributed by atoms with E-state index >= 15 is 0 Å². The lowest BCUT2D eigenvalue weighted by atomic mass is 9.88. The summed E-state index contributed by atoms with van der Waals surface area (Å²) in [5.74, 6) is 0.955. The Balaban J connectivity index is 1.75. The van der Waals surface area contributed by atoms with Gasteiger partial charge < -0.3 is 19.8 Å². The van der Waals surface area contributed by atoms with Crippen molar-refractivity contribution in [3.63, 3.8) is 0 Å². The van der Waals surface area contributed by atoms with Crippen molar-refractivity contribution in [2.45, 2.75) is 90.4 Å². The molecule has 0 spiro atoms. The van der Waals surface area contributed by atoms with Gasteiger partial charge in [-0.25, -0.2) is 0 Å². The van der Waals surface area contributed by atoms with Gasteiger partial charge in [-0.05, 0) is 58.3 Å². The van der Waals surface area contributed by atoms with Crippen molar-refractivity contribution < 1.29 is 19.7 Å². The first kappa shape index (κ1) is 25.1. The highest BCUT2D eigenvalue weighted by Crippen LogP contribution is 2.47. The molecular formula is C25H43NO4. The molecule has 2 rings (SSSR count). The number of amides is 1. The van der Waals surface area contributed by atoms with Crippen LogP contribution in [0.2, 0.25) is 0 Å². The van der Waals surface area contributed by atoms with E-state index in [1.807, 2.05) is 33.9 Å². The first-order valence-electron chi connectivity index (χ1n) is 11.7. The molecule has 1 fully saturated rings. The normalized spacial score (nSPS) is 27.4. The minimum absolute atomic E-state index is 0.00517. The summed E-state index contributed by atoms with van der Waals surface area (Å²) in [6.45, 7) is 8.86. The number of carbonyl (C=O) groups is 1.